The van der Waals surface area contributed by atoms with Gasteiger partial charge in [0.05, 0.1) is 32.7 Å². The summed E-state index contributed by atoms with van der Waals surface area (Å²) in [4.78, 5) is 24.3. The van der Waals surface area contributed by atoms with Gasteiger partial charge in [0.2, 0.25) is 11.8 Å². The monoisotopic (exact) mass is 1460 g/mol. The van der Waals surface area contributed by atoms with Gasteiger partial charge in [0, 0.05) is 109 Å². The van der Waals surface area contributed by atoms with Gasteiger partial charge in [0.15, 0.2) is 0 Å². The van der Waals surface area contributed by atoms with E-state index in [-0.39, 0.29) is 25.2 Å². The van der Waals surface area contributed by atoms with Crippen LogP contribution in [0.4, 0.5) is 11.4 Å². The van der Waals surface area contributed by atoms with E-state index in [1.54, 1.807) is 0 Å². The fourth-order valence-electron chi connectivity index (χ4n) is 14.1. The topological polar surface area (TPSA) is 173 Å². The molecule has 10 unspecified atom stereocenters. The summed E-state index contributed by atoms with van der Waals surface area (Å²) in [6, 6.07) is 23.3. The highest BCUT2D eigenvalue weighted by molar-refractivity contribution is 7.99. The summed E-state index contributed by atoms with van der Waals surface area (Å²) in [5.41, 5.74) is 5.61. The maximum absolute atomic E-state index is 11.1. The number of likely N-dealkylation sites (tertiary alicyclic amines) is 1. The van der Waals surface area contributed by atoms with Crippen LogP contribution in [0, 0.1) is 65.1 Å². The number of piperidine rings is 2. The first kappa shape index (κ1) is 96.0. The van der Waals surface area contributed by atoms with Crippen molar-refractivity contribution in [2.45, 2.75) is 323 Å². The van der Waals surface area contributed by atoms with Crippen molar-refractivity contribution in [3.63, 3.8) is 0 Å². The van der Waals surface area contributed by atoms with Gasteiger partial charge in [-0.25, -0.2) is 0 Å². The number of benzene rings is 2. The molecule has 0 radical (unpaired) electrons. The molecule has 0 spiro atoms. The van der Waals surface area contributed by atoms with Crippen LogP contribution < -0.4 is 47.9 Å². The van der Waals surface area contributed by atoms with Crippen molar-refractivity contribution in [1.82, 2.24) is 42.1 Å². The number of hydrogen-bond donors (Lipinski definition) is 9. The van der Waals surface area contributed by atoms with E-state index < -0.39 is 0 Å². The molecule has 0 saturated carbocycles. The first-order valence-electron chi connectivity index (χ1n) is 41.6. The summed E-state index contributed by atoms with van der Waals surface area (Å²) in [5.74, 6) is 10.3. The Morgan fingerprint density at radius 2 is 0.922 bits per heavy atom. The SMILES string of the molecule is C.CC(C)C1CCC(=O)N1.CC(C)C1CCCCN1.CC(C)C1CCCN1.CC(C)C1CCCNC1=O.CC(C)C1CCCO1.CC(C)C1CCc2ccccc2N1.CC(C)C1COCCN1.CC(C)C1COCN1.CC(C)C1CSCN1.CC(C)C1Cc2ccccc2N1.CC(C)N1CCCC1. The lowest BCUT2D eigenvalue weighted by molar-refractivity contribution is -0.128. The van der Waals surface area contributed by atoms with E-state index in [1.165, 1.54) is 131 Å². The summed E-state index contributed by atoms with van der Waals surface area (Å²) < 4.78 is 15.8. The molecule has 11 aliphatic rings. The molecule has 2 aromatic carbocycles. The summed E-state index contributed by atoms with van der Waals surface area (Å²) in [6.45, 7) is 60.5. The zero-order valence-electron chi connectivity index (χ0n) is 69.6. The summed E-state index contributed by atoms with van der Waals surface area (Å²) >= 11 is 2.00. The van der Waals surface area contributed by atoms with E-state index >= 15 is 0 Å². The average molecular weight is 1460 g/mol. The average Bonchev–Trinajstić information content (AvgIpc) is 1.83. The molecule has 15 nitrogen and oxygen atoms in total. The lowest BCUT2D eigenvalue weighted by atomic mass is 9.88. The highest BCUT2D eigenvalue weighted by atomic mass is 32.2. The lowest BCUT2D eigenvalue weighted by Crippen LogP contribution is -2.44. The van der Waals surface area contributed by atoms with E-state index in [0.717, 1.165) is 137 Å². The van der Waals surface area contributed by atoms with Gasteiger partial charge in [-0.3, -0.25) is 14.9 Å². The van der Waals surface area contributed by atoms with Crippen molar-refractivity contribution in [2.75, 3.05) is 94.7 Å². The number of carbonyl (C=O) groups excluding carboxylic acids is 2. The molecule has 600 valence electrons. The number of aryl methyl sites for hydroxylation is 1. The number of morpholine rings is 1. The lowest BCUT2D eigenvalue weighted by Gasteiger charge is -2.29. The smallest absolute Gasteiger partial charge is 0.223 e. The molecule has 2 aromatic rings. The second-order valence-electron chi connectivity index (χ2n) is 34.2. The van der Waals surface area contributed by atoms with Crippen LogP contribution in [0.25, 0.3) is 0 Å². The maximum atomic E-state index is 11.1. The molecule has 103 heavy (non-hydrogen) atoms. The van der Waals surface area contributed by atoms with Gasteiger partial charge in [0.1, 0.15) is 0 Å². The number of thioether (sulfide) groups is 1. The molecule has 11 aliphatic heterocycles. The van der Waals surface area contributed by atoms with Gasteiger partial charge < -0.3 is 61.6 Å². The van der Waals surface area contributed by atoms with Crippen molar-refractivity contribution in [2.24, 2.45) is 65.1 Å². The van der Waals surface area contributed by atoms with Gasteiger partial charge in [-0.15, -0.1) is 11.8 Å². The second kappa shape index (κ2) is 55.4. The number of nitrogens with zero attached hydrogens (tertiary/aromatic N) is 1. The molecule has 10 atom stereocenters. The number of rotatable bonds is 11. The molecule has 0 bridgehead atoms. The van der Waals surface area contributed by atoms with E-state index in [4.69, 9.17) is 14.2 Å². The van der Waals surface area contributed by atoms with Gasteiger partial charge >= 0.3 is 0 Å². The van der Waals surface area contributed by atoms with Gasteiger partial charge in [-0.2, -0.15) is 0 Å². The Hall–Kier alpha value is -3.03. The standard InChI is InChI=1S/C12H17N.C11H15N.C8H15NO.C8H17N.C7H15NO.C7H13NO.2C7H15N.C7H14O.C6H13NO.C6H13NS.CH4/c1-9(2)11-8-7-10-5-3-4-6-12(10)13-11;1-8(2)11-7-9-5-3-4-6-10(9)12-11;1-6(2)7-4-3-5-9-8(7)10;1-7(2)8-5-3-4-6-9-8;1-6(2)7-5-9-4-3-8-7;1-5(2)6-3-4-7(9)8-6;1-7(2)8-5-3-4-6-8;2*1-6(2)7-4-3-5-8-7;2*1-5(2)6-3-8-4-7-6;/h3-6,9,11,13H,7-8H2,1-2H3;3-6,8,11-12H,7H2,1-2H3;6-7H,3-5H2,1-2H3,(H,9,10);7-9H,3-6H2,1-2H3;6-8H,3-5H2,1-2H3;5-6H,3-4H2,1-2H3,(H,8,9);7H,3-6H2,1-2H3;6-8H,3-5H2,1-2H3;6-7H,3-5H2,1-2H3;2*5-7H,3-4H2,1-2H3;1H4. The zero-order valence-corrected chi connectivity index (χ0v) is 70.5. The minimum Gasteiger partial charge on any atom is -0.382 e. The number of carbonyl (C=O) groups is 2. The van der Waals surface area contributed by atoms with Gasteiger partial charge in [-0.05, 0) is 212 Å². The molecule has 2 amide bonds. The van der Waals surface area contributed by atoms with Crippen molar-refractivity contribution in [3.05, 3.63) is 59.7 Å². The Balaban J connectivity index is 0.000000386. The van der Waals surface area contributed by atoms with Crippen LogP contribution in [-0.4, -0.2) is 161 Å². The molecule has 13 rings (SSSR count). The molecule has 0 aliphatic carbocycles. The number of nitrogens with one attached hydrogen (secondary N) is 9. The number of para-hydroxylation sites is 2. The largest absolute Gasteiger partial charge is 0.382 e. The predicted octanol–water partition coefficient (Wildman–Crippen LogP) is 17.5. The van der Waals surface area contributed by atoms with Crippen molar-refractivity contribution in [1.29, 1.82) is 0 Å². The van der Waals surface area contributed by atoms with Crippen molar-refractivity contribution in [3.8, 4) is 0 Å². The summed E-state index contributed by atoms with van der Waals surface area (Å²) in [6.07, 6.45) is 20.6. The summed E-state index contributed by atoms with van der Waals surface area (Å²) in [7, 11) is 0. The van der Waals surface area contributed by atoms with Crippen LogP contribution in [0.3, 0.4) is 0 Å². The van der Waals surface area contributed by atoms with Crippen LogP contribution in [0.2, 0.25) is 0 Å². The molecular weight excluding hydrogens is 1300 g/mol. The molecular formula is C87H166N10O5S. The van der Waals surface area contributed by atoms with Gasteiger partial charge in [-0.1, -0.05) is 189 Å². The number of amides is 2. The third-order valence-corrected chi connectivity index (χ3v) is 22.9. The molecule has 9 fully saturated rings. The molecule has 9 N–H and O–H groups in total. The first-order chi connectivity index (χ1) is 48.6. The van der Waals surface area contributed by atoms with Crippen LogP contribution in [0.15, 0.2) is 48.5 Å². The molecule has 11 heterocycles. The first-order valence-corrected chi connectivity index (χ1v) is 42.8. The number of fused-ring (bicyclic) bond motifs is 2. The van der Waals surface area contributed by atoms with E-state index in [0.29, 0.717) is 60.0 Å². The Morgan fingerprint density at radius 1 is 0.417 bits per heavy atom. The maximum Gasteiger partial charge on any atom is 0.223 e. The Morgan fingerprint density at radius 3 is 1.28 bits per heavy atom. The predicted molar refractivity (Wildman–Crippen MR) is 448 cm³/mol. The third kappa shape index (κ3) is 40.8. The highest BCUT2D eigenvalue weighted by Crippen LogP contribution is 2.30. The second-order valence-corrected chi connectivity index (χ2v) is 35.2. The van der Waals surface area contributed by atoms with Crippen LogP contribution >= 0.6 is 11.8 Å². The minimum atomic E-state index is 0. The van der Waals surface area contributed by atoms with Crippen molar-refractivity contribution >= 4 is 35.0 Å². The minimum absolute atomic E-state index is 0. The Kier molecular flexibility index (Phi) is 51.6. The fraction of sp³-hybridized carbons (Fsp3) is 0.839. The van der Waals surface area contributed by atoms with Crippen molar-refractivity contribution < 1.29 is 23.8 Å². The quantitative estimate of drug-likeness (QED) is 0.104. The van der Waals surface area contributed by atoms with E-state index in [1.807, 2.05) is 11.8 Å². The van der Waals surface area contributed by atoms with Gasteiger partial charge in [0.25, 0.3) is 0 Å². The Bertz CT molecular complexity index is 2220. The summed E-state index contributed by atoms with van der Waals surface area (Å²) in [5, 5.41) is 29.9. The molecule has 0 aromatic heterocycles. The van der Waals surface area contributed by atoms with E-state index in [2.05, 4.69) is 254 Å². The number of hydrogen-bond acceptors (Lipinski definition) is 14. The fourth-order valence-corrected chi connectivity index (χ4v) is 15.3. The van der Waals surface area contributed by atoms with Crippen LogP contribution in [-0.2, 0) is 36.6 Å². The molecule has 9 saturated heterocycles. The Labute approximate surface area is 639 Å². The third-order valence-electron chi connectivity index (χ3n) is 21.9. The molecule has 16 heteroatoms. The van der Waals surface area contributed by atoms with Crippen LogP contribution in [0.5, 0.6) is 0 Å². The van der Waals surface area contributed by atoms with E-state index in [9.17, 15) is 9.59 Å². The number of ether oxygens (including phenoxy) is 3. The zero-order chi connectivity index (χ0) is 75.5. The van der Waals surface area contributed by atoms with Crippen LogP contribution in [0.1, 0.15) is 261 Å². The number of anilines is 2. The normalized spacial score (nSPS) is 26.1. The highest BCUT2D eigenvalue weighted by Gasteiger charge is 2.27.